The van der Waals surface area contributed by atoms with E-state index in [0.29, 0.717) is 36.0 Å². The van der Waals surface area contributed by atoms with Crippen molar-refractivity contribution < 1.29 is 9.53 Å². The van der Waals surface area contributed by atoms with Crippen molar-refractivity contribution in [2.24, 2.45) is 0 Å². The summed E-state index contributed by atoms with van der Waals surface area (Å²) in [6, 6.07) is 10.4. The summed E-state index contributed by atoms with van der Waals surface area (Å²) >= 11 is 0. The number of aryl methyl sites for hydroxylation is 1. The fraction of sp³-hybridized carbons (Fsp3) is 0.368. The molecule has 0 saturated carbocycles. The summed E-state index contributed by atoms with van der Waals surface area (Å²) in [5.41, 5.74) is 1.04. The molecule has 0 aliphatic carbocycles. The molecule has 0 unspecified atom stereocenters. The van der Waals surface area contributed by atoms with Gasteiger partial charge in [-0.15, -0.1) is 0 Å². The molecule has 1 amide bonds. The number of carbonyl (C=O) groups is 1. The van der Waals surface area contributed by atoms with Gasteiger partial charge in [0.15, 0.2) is 0 Å². The monoisotopic (exact) mass is 351 g/mol. The highest BCUT2D eigenvalue weighted by atomic mass is 16.5. The van der Waals surface area contributed by atoms with Crippen LogP contribution in [-0.2, 0) is 0 Å². The number of anilines is 1. The lowest BCUT2D eigenvalue weighted by Gasteiger charge is -2.17. The van der Waals surface area contributed by atoms with Crippen molar-refractivity contribution in [3.05, 3.63) is 47.3 Å². The number of rotatable bonds is 6. The van der Waals surface area contributed by atoms with E-state index in [-0.39, 0.29) is 5.91 Å². The standard InChI is InChI=1S/C19H21N5O2/c1-14-22-17(24-9-2-3-10-24)12-18(23-14)26-11-8-21-19(25)16-6-4-15(13-20)5-7-16/h4-7,12H,2-3,8-11H2,1H3,(H,21,25). The van der Waals surface area contributed by atoms with Gasteiger partial charge >= 0.3 is 0 Å². The van der Waals surface area contributed by atoms with Crippen LogP contribution >= 0.6 is 0 Å². The van der Waals surface area contributed by atoms with E-state index in [4.69, 9.17) is 10.00 Å². The van der Waals surface area contributed by atoms with Crippen LogP contribution < -0.4 is 15.0 Å². The average Bonchev–Trinajstić information content (AvgIpc) is 3.19. The summed E-state index contributed by atoms with van der Waals surface area (Å²) in [4.78, 5) is 23.1. The highest BCUT2D eigenvalue weighted by Gasteiger charge is 2.15. The molecule has 0 atom stereocenters. The van der Waals surface area contributed by atoms with Crippen LogP contribution in [0.2, 0.25) is 0 Å². The van der Waals surface area contributed by atoms with Crippen molar-refractivity contribution in [1.29, 1.82) is 5.26 Å². The van der Waals surface area contributed by atoms with E-state index in [9.17, 15) is 4.79 Å². The zero-order chi connectivity index (χ0) is 18.4. The number of carbonyl (C=O) groups excluding carboxylic acids is 1. The van der Waals surface area contributed by atoms with Crippen molar-refractivity contribution in [3.63, 3.8) is 0 Å². The molecular formula is C19H21N5O2. The van der Waals surface area contributed by atoms with Crippen LogP contribution in [0.4, 0.5) is 5.82 Å². The van der Waals surface area contributed by atoms with Gasteiger partial charge in [0.2, 0.25) is 5.88 Å². The number of nitrogens with one attached hydrogen (secondary N) is 1. The Morgan fingerprint density at radius 3 is 2.69 bits per heavy atom. The second-order valence-corrected chi connectivity index (χ2v) is 6.10. The summed E-state index contributed by atoms with van der Waals surface area (Å²) in [6.07, 6.45) is 2.36. The molecule has 134 valence electrons. The van der Waals surface area contributed by atoms with Gasteiger partial charge in [0.05, 0.1) is 18.2 Å². The summed E-state index contributed by atoms with van der Waals surface area (Å²) in [6.45, 7) is 4.55. The van der Waals surface area contributed by atoms with Crippen molar-refractivity contribution in [3.8, 4) is 11.9 Å². The van der Waals surface area contributed by atoms with Gasteiger partial charge in [0.25, 0.3) is 5.91 Å². The zero-order valence-corrected chi connectivity index (χ0v) is 14.7. The molecule has 1 fully saturated rings. The summed E-state index contributed by atoms with van der Waals surface area (Å²) < 4.78 is 5.67. The topological polar surface area (TPSA) is 91.1 Å². The second kappa shape index (κ2) is 8.30. The third-order valence-corrected chi connectivity index (χ3v) is 4.14. The number of ether oxygens (including phenoxy) is 1. The molecule has 2 aromatic rings. The molecule has 1 N–H and O–H groups in total. The lowest BCUT2D eigenvalue weighted by molar-refractivity contribution is 0.0946. The first-order valence-corrected chi connectivity index (χ1v) is 8.67. The van der Waals surface area contributed by atoms with Gasteiger partial charge in [0.1, 0.15) is 18.2 Å². The van der Waals surface area contributed by atoms with Crippen LogP contribution in [-0.4, -0.2) is 42.1 Å². The first kappa shape index (κ1) is 17.7. The number of hydrogen-bond acceptors (Lipinski definition) is 6. The van der Waals surface area contributed by atoms with Gasteiger partial charge in [-0.2, -0.15) is 10.2 Å². The molecule has 1 aliphatic heterocycles. The Morgan fingerprint density at radius 2 is 2.00 bits per heavy atom. The smallest absolute Gasteiger partial charge is 0.251 e. The predicted molar refractivity (Wildman–Crippen MR) is 97.2 cm³/mol. The Hall–Kier alpha value is -3.14. The summed E-state index contributed by atoms with van der Waals surface area (Å²) in [5, 5.41) is 11.6. The lowest BCUT2D eigenvalue weighted by atomic mass is 10.1. The van der Waals surface area contributed by atoms with Gasteiger partial charge in [0, 0.05) is 24.7 Å². The SMILES string of the molecule is Cc1nc(OCCNC(=O)c2ccc(C#N)cc2)cc(N2CCCC2)n1. The zero-order valence-electron chi connectivity index (χ0n) is 14.7. The highest BCUT2D eigenvalue weighted by Crippen LogP contribution is 2.21. The number of nitriles is 1. The summed E-state index contributed by atoms with van der Waals surface area (Å²) in [5.74, 6) is 1.89. The second-order valence-electron chi connectivity index (χ2n) is 6.10. The Morgan fingerprint density at radius 1 is 1.27 bits per heavy atom. The Balaban J connectivity index is 1.50. The van der Waals surface area contributed by atoms with Crippen LogP contribution in [0.3, 0.4) is 0 Å². The average molecular weight is 351 g/mol. The normalized spacial score (nSPS) is 13.3. The minimum atomic E-state index is -0.199. The van der Waals surface area contributed by atoms with E-state index in [0.717, 1.165) is 18.9 Å². The molecule has 0 spiro atoms. The maximum atomic E-state index is 12.1. The Kier molecular flexibility index (Phi) is 5.64. The fourth-order valence-electron chi connectivity index (χ4n) is 2.83. The maximum Gasteiger partial charge on any atom is 0.251 e. The molecule has 1 aliphatic rings. The highest BCUT2D eigenvalue weighted by molar-refractivity contribution is 5.94. The molecule has 3 rings (SSSR count). The van der Waals surface area contributed by atoms with E-state index >= 15 is 0 Å². The molecule has 1 saturated heterocycles. The van der Waals surface area contributed by atoms with Gasteiger partial charge in [-0.05, 0) is 44.0 Å². The van der Waals surface area contributed by atoms with Gasteiger partial charge in [-0.25, -0.2) is 4.98 Å². The van der Waals surface area contributed by atoms with E-state index in [1.807, 2.05) is 19.1 Å². The molecule has 2 heterocycles. The third kappa shape index (κ3) is 4.48. The predicted octanol–water partition coefficient (Wildman–Crippen LogP) is 2.07. The molecule has 7 nitrogen and oxygen atoms in total. The number of nitrogens with zero attached hydrogens (tertiary/aromatic N) is 4. The van der Waals surface area contributed by atoms with Crippen molar-refractivity contribution >= 4 is 11.7 Å². The van der Waals surface area contributed by atoms with Gasteiger partial charge in [-0.1, -0.05) is 0 Å². The van der Waals surface area contributed by atoms with Gasteiger partial charge < -0.3 is 15.0 Å². The minimum Gasteiger partial charge on any atom is -0.476 e. The minimum absolute atomic E-state index is 0.199. The first-order chi connectivity index (χ1) is 12.7. The van der Waals surface area contributed by atoms with E-state index in [2.05, 4.69) is 20.2 Å². The molecular weight excluding hydrogens is 330 g/mol. The van der Waals surface area contributed by atoms with Crippen LogP contribution in [0.5, 0.6) is 5.88 Å². The maximum absolute atomic E-state index is 12.1. The van der Waals surface area contributed by atoms with Crippen LogP contribution in [0.1, 0.15) is 34.6 Å². The number of hydrogen-bond donors (Lipinski definition) is 1. The van der Waals surface area contributed by atoms with E-state index in [1.165, 1.54) is 12.8 Å². The van der Waals surface area contributed by atoms with Crippen LogP contribution in [0.15, 0.2) is 30.3 Å². The van der Waals surface area contributed by atoms with Crippen LogP contribution in [0.25, 0.3) is 0 Å². The van der Waals surface area contributed by atoms with E-state index < -0.39 is 0 Å². The molecule has 0 bridgehead atoms. The number of aromatic nitrogens is 2. The molecule has 1 aromatic heterocycles. The first-order valence-electron chi connectivity index (χ1n) is 8.67. The summed E-state index contributed by atoms with van der Waals surface area (Å²) in [7, 11) is 0. The quantitative estimate of drug-likeness (QED) is 0.801. The van der Waals surface area contributed by atoms with Crippen molar-refractivity contribution in [2.75, 3.05) is 31.1 Å². The molecule has 0 radical (unpaired) electrons. The van der Waals surface area contributed by atoms with Gasteiger partial charge in [-0.3, -0.25) is 4.79 Å². The molecule has 7 heteroatoms. The third-order valence-electron chi connectivity index (χ3n) is 4.14. The molecule has 1 aromatic carbocycles. The molecule has 26 heavy (non-hydrogen) atoms. The Bertz CT molecular complexity index is 808. The van der Waals surface area contributed by atoms with Crippen molar-refractivity contribution in [1.82, 2.24) is 15.3 Å². The lowest BCUT2D eigenvalue weighted by Crippen LogP contribution is -2.28. The fourth-order valence-corrected chi connectivity index (χ4v) is 2.83. The largest absolute Gasteiger partial charge is 0.476 e. The van der Waals surface area contributed by atoms with Crippen molar-refractivity contribution in [2.45, 2.75) is 19.8 Å². The van der Waals surface area contributed by atoms with Crippen LogP contribution in [0, 0.1) is 18.3 Å². The number of amides is 1. The number of benzene rings is 1. The van der Waals surface area contributed by atoms with E-state index in [1.54, 1.807) is 24.3 Å². The Labute approximate surface area is 152 Å².